The number of piperidine rings is 1. The largest absolute Gasteiger partial charge is 0.496 e. The number of likely N-dealkylation sites (tertiary alicyclic amines) is 1. The summed E-state index contributed by atoms with van der Waals surface area (Å²) in [6.45, 7) is 2.61. The molecule has 5 nitrogen and oxygen atoms in total. The molecule has 0 aromatic heterocycles. The molecular weight excluding hydrogens is 338 g/mol. The Hall–Kier alpha value is -1.11. The summed E-state index contributed by atoms with van der Waals surface area (Å²) < 4.78 is 17.3. The van der Waals surface area contributed by atoms with Gasteiger partial charge in [0.2, 0.25) is 0 Å². The first kappa shape index (κ1) is 14.8. The zero-order chi connectivity index (χ0) is 14.9. The molecule has 21 heavy (non-hydrogen) atoms. The number of hydrogen-bond acceptors (Lipinski definition) is 4. The number of ether oxygens (including phenoxy) is 3. The van der Waals surface area contributed by atoms with Gasteiger partial charge in [-0.25, -0.2) is 0 Å². The highest BCUT2D eigenvalue weighted by molar-refractivity contribution is 9.10. The van der Waals surface area contributed by atoms with Crippen molar-refractivity contribution in [3.63, 3.8) is 0 Å². The monoisotopic (exact) mass is 355 g/mol. The molecule has 2 saturated heterocycles. The van der Waals surface area contributed by atoms with E-state index in [0.29, 0.717) is 31.9 Å². The summed E-state index contributed by atoms with van der Waals surface area (Å²) in [4.78, 5) is 14.4. The number of carbonyl (C=O) groups excluding carboxylic acids is 1. The maximum absolute atomic E-state index is 12.5. The predicted molar refractivity (Wildman–Crippen MR) is 80.5 cm³/mol. The Morgan fingerprint density at radius 1 is 1.29 bits per heavy atom. The van der Waals surface area contributed by atoms with Crippen molar-refractivity contribution in [3.8, 4) is 5.75 Å². The molecule has 1 aromatic carbocycles. The molecule has 0 N–H and O–H groups in total. The van der Waals surface area contributed by atoms with Crippen molar-refractivity contribution in [3.05, 3.63) is 28.2 Å². The average molecular weight is 356 g/mol. The van der Waals surface area contributed by atoms with E-state index in [-0.39, 0.29) is 5.91 Å². The van der Waals surface area contributed by atoms with Crippen molar-refractivity contribution >= 4 is 21.8 Å². The number of benzene rings is 1. The number of methoxy groups -OCH3 is 1. The van der Waals surface area contributed by atoms with Crippen LogP contribution in [0.5, 0.6) is 5.75 Å². The lowest BCUT2D eigenvalue weighted by Gasteiger charge is -2.37. The molecule has 0 unspecified atom stereocenters. The second kappa shape index (κ2) is 5.94. The zero-order valence-corrected chi connectivity index (χ0v) is 13.5. The van der Waals surface area contributed by atoms with Crippen LogP contribution in [0.15, 0.2) is 22.7 Å². The van der Waals surface area contributed by atoms with E-state index in [1.807, 2.05) is 4.90 Å². The molecule has 1 amide bonds. The molecule has 3 rings (SSSR count). The van der Waals surface area contributed by atoms with Gasteiger partial charge < -0.3 is 19.1 Å². The van der Waals surface area contributed by atoms with Gasteiger partial charge in [-0.3, -0.25) is 4.79 Å². The van der Waals surface area contributed by atoms with Crippen molar-refractivity contribution in [2.45, 2.75) is 18.6 Å². The topological polar surface area (TPSA) is 48.0 Å². The third kappa shape index (κ3) is 2.93. The summed E-state index contributed by atoms with van der Waals surface area (Å²) in [5.41, 5.74) is 0.659. The van der Waals surface area contributed by atoms with Crippen LogP contribution in [-0.2, 0) is 9.47 Å². The molecule has 0 radical (unpaired) electrons. The van der Waals surface area contributed by atoms with Gasteiger partial charge in [-0.1, -0.05) is 0 Å². The van der Waals surface area contributed by atoms with Crippen molar-refractivity contribution < 1.29 is 19.0 Å². The highest BCUT2D eigenvalue weighted by Gasteiger charge is 2.40. The highest BCUT2D eigenvalue weighted by atomic mass is 79.9. The van der Waals surface area contributed by atoms with E-state index < -0.39 is 5.79 Å². The van der Waals surface area contributed by atoms with Crippen LogP contribution in [0.2, 0.25) is 0 Å². The molecule has 1 spiro atoms. The second-order valence-corrected chi connectivity index (χ2v) is 6.10. The molecule has 1 aromatic rings. The van der Waals surface area contributed by atoms with E-state index in [9.17, 15) is 4.79 Å². The number of rotatable bonds is 2. The quantitative estimate of drug-likeness (QED) is 0.817. The molecule has 2 heterocycles. The zero-order valence-electron chi connectivity index (χ0n) is 11.9. The minimum absolute atomic E-state index is 0.0335. The second-order valence-electron chi connectivity index (χ2n) is 5.25. The summed E-state index contributed by atoms with van der Waals surface area (Å²) in [5.74, 6) is 0.306. The van der Waals surface area contributed by atoms with Crippen LogP contribution < -0.4 is 4.74 Å². The van der Waals surface area contributed by atoms with Gasteiger partial charge in [-0.2, -0.15) is 0 Å². The summed E-state index contributed by atoms with van der Waals surface area (Å²) >= 11 is 3.41. The van der Waals surface area contributed by atoms with Gasteiger partial charge in [0, 0.05) is 31.5 Å². The number of nitrogens with zero attached hydrogens (tertiary/aromatic N) is 1. The van der Waals surface area contributed by atoms with Gasteiger partial charge in [0.05, 0.1) is 24.8 Å². The molecule has 2 aliphatic rings. The molecule has 0 atom stereocenters. The molecule has 6 heteroatoms. The first-order chi connectivity index (χ1) is 10.1. The first-order valence-corrected chi connectivity index (χ1v) is 7.84. The van der Waals surface area contributed by atoms with Crippen LogP contribution in [0.1, 0.15) is 23.2 Å². The SMILES string of the molecule is COc1ccc(C(=O)N2CCC3(CC2)OCCO3)cc1Br. The Morgan fingerprint density at radius 2 is 1.95 bits per heavy atom. The Balaban J connectivity index is 1.67. The standard InChI is InChI=1S/C15H18BrNO4/c1-19-13-3-2-11(10-12(13)16)14(18)17-6-4-15(5-7-17)20-8-9-21-15/h2-3,10H,4-9H2,1H3. The van der Waals surface area contributed by atoms with E-state index in [1.165, 1.54) is 0 Å². The average Bonchev–Trinajstić information content (AvgIpc) is 2.95. The van der Waals surface area contributed by atoms with Gasteiger partial charge in [0.15, 0.2) is 5.79 Å². The van der Waals surface area contributed by atoms with Crippen LogP contribution >= 0.6 is 15.9 Å². The van der Waals surface area contributed by atoms with Gasteiger partial charge in [-0.05, 0) is 34.1 Å². The third-order valence-electron chi connectivity index (χ3n) is 4.02. The lowest BCUT2D eigenvalue weighted by molar-refractivity contribution is -0.181. The van der Waals surface area contributed by atoms with Crippen molar-refractivity contribution in [1.29, 1.82) is 0 Å². The summed E-state index contributed by atoms with van der Waals surface area (Å²) in [6, 6.07) is 5.39. The number of carbonyl (C=O) groups is 1. The number of amides is 1. The van der Waals surface area contributed by atoms with E-state index in [2.05, 4.69) is 15.9 Å². The van der Waals surface area contributed by atoms with Gasteiger partial charge in [0.25, 0.3) is 5.91 Å². The van der Waals surface area contributed by atoms with Crippen LogP contribution in [-0.4, -0.2) is 50.0 Å². The number of hydrogen-bond donors (Lipinski definition) is 0. The molecule has 0 aliphatic carbocycles. The summed E-state index contributed by atoms with van der Waals surface area (Å²) in [7, 11) is 1.60. The van der Waals surface area contributed by atoms with Crippen molar-refractivity contribution in [1.82, 2.24) is 4.90 Å². The summed E-state index contributed by atoms with van der Waals surface area (Å²) in [5, 5.41) is 0. The predicted octanol–water partition coefficient (Wildman–Crippen LogP) is 2.44. The molecule has 2 aliphatic heterocycles. The van der Waals surface area contributed by atoms with Crippen LogP contribution in [0, 0.1) is 0 Å². The van der Waals surface area contributed by atoms with E-state index in [4.69, 9.17) is 14.2 Å². The summed E-state index contributed by atoms with van der Waals surface area (Å²) in [6.07, 6.45) is 1.46. The van der Waals surface area contributed by atoms with E-state index >= 15 is 0 Å². The number of halogens is 1. The Morgan fingerprint density at radius 3 is 2.52 bits per heavy atom. The molecule has 114 valence electrons. The lowest BCUT2D eigenvalue weighted by atomic mass is 10.0. The fourth-order valence-electron chi connectivity index (χ4n) is 2.82. The molecule has 0 saturated carbocycles. The third-order valence-corrected chi connectivity index (χ3v) is 4.64. The molecule has 0 bridgehead atoms. The fraction of sp³-hybridized carbons (Fsp3) is 0.533. The van der Waals surface area contributed by atoms with Gasteiger partial charge in [0.1, 0.15) is 5.75 Å². The van der Waals surface area contributed by atoms with E-state index in [0.717, 1.165) is 23.1 Å². The Labute approximate surface area is 132 Å². The van der Waals surface area contributed by atoms with Crippen LogP contribution in [0.4, 0.5) is 0 Å². The fourth-order valence-corrected chi connectivity index (χ4v) is 3.36. The van der Waals surface area contributed by atoms with Gasteiger partial charge in [-0.15, -0.1) is 0 Å². The van der Waals surface area contributed by atoms with Crippen LogP contribution in [0.3, 0.4) is 0 Å². The van der Waals surface area contributed by atoms with Crippen LogP contribution in [0.25, 0.3) is 0 Å². The van der Waals surface area contributed by atoms with Gasteiger partial charge >= 0.3 is 0 Å². The smallest absolute Gasteiger partial charge is 0.253 e. The van der Waals surface area contributed by atoms with Crippen molar-refractivity contribution in [2.75, 3.05) is 33.4 Å². The highest BCUT2D eigenvalue weighted by Crippen LogP contribution is 2.32. The Kier molecular flexibility index (Phi) is 4.19. The Bertz CT molecular complexity index is 532. The minimum Gasteiger partial charge on any atom is -0.496 e. The maximum atomic E-state index is 12.5. The lowest BCUT2D eigenvalue weighted by Crippen LogP contribution is -2.47. The molecule has 2 fully saturated rings. The maximum Gasteiger partial charge on any atom is 0.253 e. The minimum atomic E-state index is -0.447. The normalized spacial score (nSPS) is 20.8. The first-order valence-electron chi connectivity index (χ1n) is 7.04. The molecular formula is C15H18BrNO4. The van der Waals surface area contributed by atoms with Crippen molar-refractivity contribution in [2.24, 2.45) is 0 Å². The van der Waals surface area contributed by atoms with E-state index in [1.54, 1.807) is 25.3 Å².